The number of aromatic nitrogens is 2. The van der Waals surface area contributed by atoms with Crippen LogP contribution < -0.4 is 0 Å². The third-order valence-corrected chi connectivity index (χ3v) is 2.78. The van der Waals surface area contributed by atoms with Crippen molar-refractivity contribution in [3.05, 3.63) is 29.0 Å². The van der Waals surface area contributed by atoms with Crippen LogP contribution in [-0.2, 0) is 6.42 Å². The second-order valence-corrected chi connectivity index (χ2v) is 4.66. The third-order valence-electron chi connectivity index (χ3n) is 2.47. The summed E-state index contributed by atoms with van der Waals surface area (Å²) in [6.07, 6.45) is 2.14. The molecule has 2 nitrogen and oxygen atoms in total. The molecule has 1 heterocycles. The van der Waals surface area contributed by atoms with Gasteiger partial charge in [-0.25, -0.2) is 4.98 Å². The summed E-state index contributed by atoms with van der Waals surface area (Å²) in [7, 11) is 0. The highest BCUT2D eigenvalue weighted by Gasteiger charge is 2.06. The first-order valence-corrected chi connectivity index (χ1v) is 5.67. The van der Waals surface area contributed by atoms with Crippen molar-refractivity contribution in [2.75, 3.05) is 0 Å². The largest absolute Gasteiger partial charge is 0.342 e. The maximum absolute atomic E-state index is 6.05. The number of aryl methyl sites for hydroxylation is 1. The zero-order chi connectivity index (χ0) is 10.8. The molecule has 0 saturated heterocycles. The lowest BCUT2D eigenvalue weighted by Crippen LogP contribution is -1.93. The molecule has 0 saturated carbocycles. The fourth-order valence-electron chi connectivity index (χ4n) is 1.59. The summed E-state index contributed by atoms with van der Waals surface area (Å²) in [4.78, 5) is 7.79. The van der Waals surface area contributed by atoms with Gasteiger partial charge in [0.2, 0.25) is 0 Å². The van der Waals surface area contributed by atoms with Gasteiger partial charge >= 0.3 is 0 Å². The van der Waals surface area contributed by atoms with Gasteiger partial charge in [-0.1, -0.05) is 31.5 Å². The zero-order valence-corrected chi connectivity index (χ0v) is 9.80. The smallest absolute Gasteiger partial charge is 0.107 e. The molecule has 0 unspecified atom stereocenters. The van der Waals surface area contributed by atoms with E-state index >= 15 is 0 Å². The monoisotopic (exact) mass is 222 g/mol. The molecule has 1 aromatic heterocycles. The second kappa shape index (κ2) is 4.23. The van der Waals surface area contributed by atoms with Crippen LogP contribution in [0.15, 0.2) is 18.2 Å². The number of hydrogen-bond donors (Lipinski definition) is 1. The van der Waals surface area contributed by atoms with E-state index in [1.807, 2.05) is 18.2 Å². The Kier molecular flexibility index (Phi) is 2.96. The molecular weight excluding hydrogens is 208 g/mol. The van der Waals surface area contributed by atoms with E-state index in [0.717, 1.165) is 34.7 Å². The summed E-state index contributed by atoms with van der Waals surface area (Å²) in [6, 6.07) is 5.82. The molecule has 1 N–H and O–H groups in total. The molecule has 0 aliphatic carbocycles. The number of benzene rings is 1. The standard InChI is InChI=1S/C12H15ClN2/c1-8(2)6-7-11-14-10-5-3-4-9(13)12(10)15-11/h3-5,8H,6-7H2,1-2H3,(H,14,15). The lowest BCUT2D eigenvalue weighted by atomic mass is 10.1. The summed E-state index contributed by atoms with van der Waals surface area (Å²) in [6.45, 7) is 4.44. The first kappa shape index (κ1) is 10.5. The minimum absolute atomic E-state index is 0.702. The van der Waals surface area contributed by atoms with Gasteiger partial charge in [0.1, 0.15) is 11.3 Å². The van der Waals surface area contributed by atoms with Crippen LogP contribution >= 0.6 is 11.6 Å². The minimum atomic E-state index is 0.702. The Morgan fingerprint density at radius 3 is 2.87 bits per heavy atom. The van der Waals surface area contributed by atoms with E-state index in [0.29, 0.717) is 5.92 Å². The fourth-order valence-corrected chi connectivity index (χ4v) is 1.81. The number of nitrogens with one attached hydrogen (secondary N) is 1. The number of fused-ring (bicyclic) bond motifs is 1. The van der Waals surface area contributed by atoms with E-state index in [9.17, 15) is 0 Å². The number of hydrogen-bond acceptors (Lipinski definition) is 1. The number of nitrogens with zero attached hydrogens (tertiary/aromatic N) is 1. The van der Waals surface area contributed by atoms with Crippen LogP contribution in [0, 0.1) is 5.92 Å². The van der Waals surface area contributed by atoms with Crippen LogP contribution in [0.4, 0.5) is 0 Å². The summed E-state index contributed by atoms with van der Waals surface area (Å²) >= 11 is 6.05. The van der Waals surface area contributed by atoms with E-state index in [4.69, 9.17) is 11.6 Å². The molecule has 80 valence electrons. The van der Waals surface area contributed by atoms with Gasteiger partial charge in [0.05, 0.1) is 10.5 Å². The number of rotatable bonds is 3. The van der Waals surface area contributed by atoms with E-state index in [2.05, 4.69) is 23.8 Å². The van der Waals surface area contributed by atoms with Gasteiger partial charge in [0.25, 0.3) is 0 Å². The SMILES string of the molecule is CC(C)CCc1nc2c(Cl)cccc2[nH]1. The topological polar surface area (TPSA) is 28.7 Å². The van der Waals surface area contributed by atoms with Crippen molar-refractivity contribution in [2.24, 2.45) is 5.92 Å². The van der Waals surface area contributed by atoms with Crippen molar-refractivity contribution in [3.63, 3.8) is 0 Å². The summed E-state index contributed by atoms with van der Waals surface area (Å²) < 4.78 is 0. The molecule has 0 aliphatic heterocycles. The Morgan fingerprint density at radius 1 is 1.40 bits per heavy atom. The minimum Gasteiger partial charge on any atom is -0.342 e. The van der Waals surface area contributed by atoms with Gasteiger partial charge in [-0.05, 0) is 24.5 Å². The van der Waals surface area contributed by atoms with E-state index in [-0.39, 0.29) is 0 Å². The van der Waals surface area contributed by atoms with Crippen molar-refractivity contribution >= 4 is 22.6 Å². The molecule has 3 heteroatoms. The first-order chi connectivity index (χ1) is 7.16. The number of aromatic amines is 1. The lowest BCUT2D eigenvalue weighted by Gasteiger charge is -2.00. The Hall–Kier alpha value is -1.02. The summed E-state index contributed by atoms with van der Waals surface area (Å²) in [5.74, 6) is 1.74. The zero-order valence-electron chi connectivity index (χ0n) is 9.05. The Balaban J connectivity index is 2.27. The highest BCUT2D eigenvalue weighted by molar-refractivity contribution is 6.34. The average Bonchev–Trinajstić information content (AvgIpc) is 2.59. The van der Waals surface area contributed by atoms with Crippen LogP contribution in [0.5, 0.6) is 0 Å². The molecule has 1 aromatic carbocycles. The molecule has 0 fully saturated rings. The van der Waals surface area contributed by atoms with Gasteiger partial charge < -0.3 is 4.98 Å². The molecule has 0 atom stereocenters. The number of imidazole rings is 1. The molecule has 0 amide bonds. The van der Waals surface area contributed by atoms with Gasteiger partial charge in [-0.15, -0.1) is 0 Å². The van der Waals surface area contributed by atoms with Crippen LogP contribution in [0.1, 0.15) is 26.1 Å². The van der Waals surface area contributed by atoms with Gasteiger partial charge in [0.15, 0.2) is 0 Å². The maximum Gasteiger partial charge on any atom is 0.107 e. The second-order valence-electron chi connectivity index (χ2n) is 4.25. The Labute approximate surface area is 94.7 Å². The van der Waals surface area contributed by atoms with Crippen molar-refractivity contribution in [1.29, 1.82) is 0 Å². The Bertz CT molecular complexity index is 460. The predicted molar refractivity (Wildman–Crippen MR) is 64.3 cm³/mol. The van der Waals surface area contributed by atoms with E-state index < -0.39 is 0 Å². The molecular formula is C12H15ClN2. The molecule has 15 heavy (non-hydrogen) atoms. The van der Waals surface area contributed by atoms with Gasteiger partial charge in [-0.3, -0.25) is 0 Å². The van der Waals surface area contributed by atoms with E-state index in [1.165, 1.54) is 0 Å². The third kappa shape index (κ3) is 2.32. The van der Waals surface area contributed by atoms with Gasteiger partial charge in [-0.2, -0.15) is 0 Å². The highest BCUT2D eigenvalue weighted by Crippen LogP contribution is 2.21. The molecule has 0 spiro atoms. The number of H-pyrrole nitrogens is 1. The number of para-hydroxylation sites is 1. The first-order valence-electron chi connectivity index (χ1n) is 5.30. The highest BCUT2D eigenvalue weighted by atomic mass is 35.5. The van der Waals surface area contributed by atoms with E-state index in [1.54, 1.807) is 0 Å². The van der Waals surface area contributed by atoms with Crippen molar-refractivity contribution < 1.29 is 0 Å². The Morgan fingerprint density at radius 2 is 2.20 bits per heavy atom. The predicted octanol–water partition coefficient (Wildman–Crippen LogP) is 3.80. The van der Waals surface area contributed by atoms with Crippen LogP contribution in [0.3, 0.4) is 0 Å². The van der Waals surface area contributed by atoms with Crippen LogP contribution in [0.2, 0.25) is 5.02 Å². The summed E-state index contributed by atoms with van der Waals surface area (Å²) in [5, 5.41) is 0.722. The fraction of sp³-hybridized carbons (Fsp3) is 0.417. The quantitative estimate of drug-likeness (QED) is 0.841. The molecule has 0 bridgehead atoms. The number of halogens is 1. The van der Waals surface area contributed by atoms with Crippen LogP contribution in [0.25, 0.3) is 11.0 Å². The average molecular weight is 223 g/mol. The molecule has 0 aliphatic rings. The lowest BCUT2D eigenvalue weighted by molar-refractivity contribution is 0.577. The van der Waals surface area contributed by atoms with Crippen LogP contribution in [-0.4, -0.2) is 9.97 Å². The normalized spacial score (nSPS) is 11.5. The summed E-state index contributed by atoms with van der Waals surface area (Å²) in [5.41, 5.74) is 1.92. The van der Waals surface area contributed by atoms with Crippen molar-refractivity contribution in [2.45, 2.75) is 26.7 Å². The molecule has 2 rings (SSSR count). The molecule has 2 aromatic rings. The van der Waals surface area contributed by atoms with Crippen molar-refractivity contribution in [3.8, 4) is 0 Å². The maximum atomic E-state index is 6.05. The molecule has 0 radical (unpaired) electrons. The van der Waals surface area contributed by atoms with Crippen molar-refractivity contribution in [1.82, 2.24) is 9.97 Å². The van der Waals surface area contributed by atoms with Gasteiger partial charge in [0, 0.05) is 6.42 Å².